The second-order valence-corrected chi connectivity index (χ2v) is 12.3. The molecular weight excluding hydrogens is 576 g/mol. The Morgan fingerprint density at radius 2 is 1.86 bits per heavy atom. The van der Waals surface area contributed by atoms with E-state index >= 15 is 0 Å². The van der Waals surface area contributed by atoms with Crippen molar-refractivity contribution >= 4 is 44.4 Å². The number of hydrogen-bond donors (Lipinski definition) is 2. The molecule has 0 amide bonds. The van der Waals surface area contributed by atoms with Crippen LogP contribution < -0.4 is 19.7 Å². The molecule has 2 N–H and O–H groups in total. The number of nitro groups is 1. The van der Waals surface area contributed by atoms with E-state index in [0.29, 0.717) is 22.2 Å². The van der Waals surface area contributed by atoms with Gasteiger partial charge in [-0.2, -0.15) is 0 Å². The molecule has 11 nitrogen and oxygen atoms in total. The summed E-state index contributed by atoms with van der Waals surface area (Å²) in [5.41, 5.74) is 6.18. The van der Waals surface area contributed by atoms with E-state index in [1.165, 1.54) is 19.2 Å². The molecule has 5 rings (SSSR count). The van der Waals surface area contributed by atoms with Crippen molar-refractivity contribution in [1.29, 1.82) is 0 Å². The highest BCUT2D eigenvalue weighted by Crippen LogP contribution is 2.45. The Balaban J connectivity index is 1.67. The Hall–Kier alpha value is -4.49. The highest BCUT2D eigenvalue weighted by Gasteiger charge is 2.42. The van der Waals surface area contributed by atoms with E-state index in [2.05, 4.69) is 21.1 Å². The zero-order valence-electron chi connectivity index (χ0n) is 23.7. The number of aromatic nitrogens is 2. The van der Waals surface area contributed by atoms with Crippen molar-refractivity contribution in [2.24, 2.45) is 0 Å². The lowest BCUT2D eigenvalue weighted by Gasteiger charge is -2.29. The first-order chi connectivity index (χ1) is 19.9. The molecule has 218 valence electrons. The average molecular weight is 607 g/mol. The number of nitrogens with one attached hydrogen (secondary N) is 2. The van der Waals surface area contributed by atoms with Crippen LogP contribution in [0.25, 0.3) is 5.69 Å². The average Bonchev–Trinajstić information content (AvgIpc) is 3.43. The fourth-order valence-electron chi connectivity index (χ4n) is 5.48. The lowest BCUT2D eigenvalue weighted by atomic mass is 9.96. The Morgan fingerprint density at radius 3 is 2.48 bits per heavy atom. The summed E-state index contributed by atoms with van der Waals surface area (Å²) in [6, 6.07) is 17.2. The number of benzene rings is 2. The smallest absolute Gasteiger partial charge is 0.273 e. The van der Waals surface area contributed by atoms with Crippen molar-refractivity contribution in [3.05, 3.63) is 105 Å². The van der Waals surface area contributed by atoms with Gasteiger partial charge in [-0.15, -0.1) is 0 Å². The first-order valence-electron chi connectivity index (χ1n) is 13.0. The molecule has 0 spiro atoms. The molecule has 0 radical (unpaired) electrons. The van der Waals surface area contributed by atoms with E-state index in [1.807, 2.05) is 60.6 Å². The molecule has 2 atom stereocenters. The zero-order chi connectivity index (χ0) is 30.3. The van der Waals surface area contributed by atoms with Gasteiger partial charge in [0.25, 0.3) is 5.69 Å². The van der Waals surface area contributed by atoms with E-state index in [1.54, 1.807) is 18.3 Å². The number of non-ortho nitro benzene ring substituents is 1. The third-order valence-electron chi connectivity index (χ3n) is 7.29. The molecule has 3 heterocycles. The first kappa shape index (κ1) is 29.0. The van der Waals surface area contributed by atoms with E-state index in [0.717, 1.165) is 40.2 Å². The summed E-state index contributed by atoms with van der Waals surface area (Å²) in [5.74, 6) is 0.375. The fraction of sp³-hybridized carbons (Fsp3) is 0.241. The van der Waals surface area contributed by atoms with Crippen LogP contribution in [0.5, 0.6) is 5.75 Å². The van der Waals surface area contributed by atoms with E-state index in [-0.39, 0.29) is 17.8 Å². The summed E-state index contributed by atoms with van der Waals surface area (Å²) >= 11 is 5.88. The number of thiocarbonyl (C=S) groups is 1. The second kappa shape index (κ2) is 11.1. The van der Waals surface area contributed by atoms with Crippen molar-refractivity contribution < 1.29 is 18.1 Å². The number of sulfonamides is 1. The van der Waals surface area contributed by atoms with Crippen LogP contribution in [-0.4, -0.2) is 41.4 Å². The maximum atomic E-state index is 11.9. The summed E-state index contributed by atoms with van der Waals surface area (Å²) in [6.07, 6.45) is 2.85. The van der Waals surface area contributed by atoms with Crippen molar-refractivity contribution in [2.45, 2.75) is 32.9 Å². The van der Waals surface area contributed by atoms with Crippen LogP contribution in [0.1, 0.15) is 40.3 Å². The van der Waals surface area contributed by atoms with Gasteiger partial charge in [-0.25, -0.2) is 8.42 Å². The van der Waals surface area contributed by atoms with Crippen LogP contribution in [0.3, 0.4) is 0 Å². The molecule has 42 heavy (non-hydrogen) atoms. The summed E-state index contributed by atoms with van der Waals surface area (Å²) in [5, 5.41) is 15.3. The van der Waals surface area contributed by atoms with Gasteiger partial charge in [0.2, 0.25) is 10.0 Å². The topological polar surface area (TPSA) is 132 Å². The number of aryl methyl sites for hydroxylation is 2. The van der Waals surface area contributed by atoms with Gasteiger partial charge in [0, 0.05) is 29.3 Å². The minimum atomic E-state index is -3.45. The summed E-state index contributed by atoms with van der Waals surface area (Å²) < 4.78 is 33.9. The summed E-state index contributed by atoms with van der Waals surface area (Å²) in [7, 11) is -1.96. The monoisotopic (exact) mass is 606 g/mol. The third-order valence-corrected chi connectivity index (χ3v) is 8.19. The molecule has 2 aromatic heterocycles. The minimum Gasteiger partial charge on any atom is -0.494 e. The number of ether oxygens (including phenoxy) is 1. The number of pyridine rings is 1. The molecule has 0 aliphatic carbocycles. The highest BCUT2D eigenvalue weighted by atomic mass is 32.2. The summed E-state index contributed by atoms with van der Waals surface area (Å²) in [6.45, 7) is 5.79. The molecule has 0 bridgehead atoms. The number of nitro benzene ring substituents is 1. The molecular formula is C29H30N6O5S2. The van der Waals surface area contributed by atoms with Crippen LogP contribution in [-0.2, 0) is 10.0 Å². The SMILES string of the molecule is COc1cc([N+](=O)[O-])ccc1-n1c(C)cc([C@@H]2[C@@H](c3ccccn3)NC(=S)N2c2ccc(NS(C)(=O)=O)c(C)c2)c1C. The van der Waals surface area contributed by atoms with Gasteiger partial charge in [0.1, 0.15) is 5.75 Å². The second-order valence-electron chi connectivity index (χ2n) is 10.1. The predicted octanol–water partition coefficient (Wildman–Crippen LogP) is 5.26. The fourth-order valence-corrected chi connectivity index (χ4v) is 6.46. The van der Waals surface area contributed by atoms with Gasteiger partial charge in [0.05, 0.1) is 53.5 Å². The molecule has 2 aromatic carbocycles. The number of anilines is 2. The highest BCUT2D eigenvalue weighted by molar-refractivity contribution is 7.92. The molecule has 13 heteroatoms. The molecule has 1 saturated heterocycles. The Bertz CT molecular complexity index is 1810. The first-order valence-corrected chi connectivity index (χ1v) is 15.3. The normalized spacial score (nSPS) is 16.8. The largest absolute Gasteiger partial charge is 0.494 e. The zero-order valence-corrected chi connectivity index (χ0v) is 25.3. The maximum Gasteiger partial charge on any atom is 0.273 e. The molecule has 0 unspecified atom stereocenters. The van der Waals surface area contributed by atoms with Crippen molar-refractivity contribution in [1.82, 2.24) is 14.9 Å². The molecule has 1 aliphatic rings. The molecule has 0 saturated carbocycles. The van der Waals surface area contributed by atoms with Gasteiger partial charge in [-0.3, -0.25) is 19.8 Å². The van der Waals surface area contributed by atoms with Crippen LogP contribution >= 0.6 is 12.2 Å². The van der Waals surface area contributed by atoms with Crippen LogP contribution in [0.15, 0.2) is 66.9 Å². The van der Waals surface area contributed by atoms with Crippen LogP contribution in [0.2, 0.25) is 0 Å². The van der Waals surface area contributed by atoms with Crippen molar-refractivity contribution in [3.8, 4) is 11.4 Å². The van der Waals surface area contributed by atoms with Crippen molar-refractivity contribution in [3.63, 3.8) is 0 Å². The lowest BCUT2D eigenvalue weighted by molar-refractivity contribution is -0.384. The molecule has 4 aromatic rings. The Morgan fingerprint density at radius 1 is 1.10 bits per heavy atom. The van der Waals surface area contributed by atoms with Gasteiger partial charge < -0.3 is 19.5 Å². The number of rotatable bonds is 8. The van der Waals surface area contributed by atoms with Gasteiger partial charge in [-0.05, 0) is 86.6 Å². The van der Waals surface area contributed by atoms with Gasteiger partial charge in [0.15, 0.2) is 5.11 Å². The lowest BCUT2D eigenvalue weighted by Crippen LogP contribution is -2.29. The van der Waals surface area contributed by atoms with Gasteiger partial charge >= 0.3 is 0 Å². The van der Waals surface area contributed by atoms with Gasteiger partial charge in [-0.1, -0.05) is 6.07 Å². The molecule has 1 fully saturated rings. The predicted molar refractivity (Wildman–Crippen MR) is 166 cm³/mol. The summed E-state index contributed by atoms with van der Waals surface area (Å²) in [4.78, 5) is 17.6. The van der Waals surface area contributed by atoms with E-state index < -0.39 is 14.9 Å². The molecule has 1 aliphatic heterocycles. The van der Waals surface area contributed by atoms with Crippen LogP contribution in [0, 0.1) is 30.9 Å². The third kappa shape index (κ3) is 5.40. The van der Waals surface area contributed by atoms with E-state index in [9.17, 15) is 18.5 Å². The number of methoxy groups -OCH3 is 1. The number of nitrogens with zero attached hydrogens (tertiary/aromatic N) is 4. The van der Waals surface area contributed by atoms with Crippen molar-refractivity contribution in [2.75, 3.05) is 23.0 Å². The maximum absolute atomic E-state index is 11.9. The Kier molecular flexibility index (Phi) is 7.64. The quantitative estimate of drug-likeness (QED) is 0.157. The minimum absolute atomic E-state index is 0.0609. The van der Waals surface area contributed by atoms with Crippen LogP contribution in [0.4, 0.5) is 17.1 Å². The number of hydrogen-bond acceptors (Lipinski definition) is 7. The van der Waals surface area contributed by atoms with E-state index in [4.69, 9.17) is 17.0 Å². The Labute approximate surface area is 249 Å². The standard InChI is InChI=1S/C29H30N6O5S2/c1-17-14-20(9-11-23(17)32-42(5,38)39)34-28(27(31-29(34)41)24-8-6-7-13-30-24)22-15-18(2)33(19(22)3)25-12-10-21(35(36)37)16-26(25)40-4/h6-16,27-28,32H,1-5H3,(H,31,41)/t27-,28-/m1/s1.